The molecule has 0 saturated heterocycles. The Labute approximate surface area is 81.9 Å². The molecule has 0 aromatic carbocycles. The summed E-state index contributed by atoms with van der Waals surface area (Å²) in [6.07, 6.45) is -1.83. The van der Waals surface area contributed by atoms with Gasteiger partial charge in [0.05, 0.1) is 0 Å². The van der Waals surface area contributed by atoms with Crippen LogP contribution in [0.2, 0.25) is 0 Å². The van der Waals surface area contributed by atoms with E-state index in [1.54, 1.807) is 0 Å². The van der Waals surface area contributed by atoms with Gasteiger partial charge in [0, 0.05) is 0 Å². The Bertz CT molecular complexity index is 34.7. The third-order valence-corrected chi connectivity index (χ3v) is 0. The van der Waals surface area contributed by atoms with Crippen LogP contribution < -0.4 is 0 Å². The van der Waals surface area contributed by atoms with Crippen molar-refractivity contribution in [2.24, 2.45) is 0 Å². The van der Waals surface area contributed by atoms with Gasteiger partial charge < -0.3 is 10.2 Å². The fraction of sp³-hybridized carbons (Fsp3) is 0. The standard InChI is InChI=1S/CH2O3.Ca.Mo.H2O.2H/c2-1(3)4;;;;;/h(H2,2,3,4);;;1H2;;/q;;+1;;;/p-1. The van der Waals surface area contributed by atoms with E-state index >= 15 is 0 Å². The first-order valence-electron chi connectivity index (χ1n) is 0.834. The van der Waals surface area contributed by atoms with E-state index in [9.17, 15) is 0 Å². The fourth-order valence-electron chi connectivity index (χ4n) is 0. The SMILES string of the molecule is O=C(O)O.[CaH2].[OH][Mo]. The van der Waals surface area contributed by atoms with E-state index in [2.05, 4.69) is 0 Å². The summed E-state index contributed by atoms with van der Waals surface area (Å²) >= 11 is 0.950. The van der Waals surface area contributed by atoms with Crippen molar-refractivity contribution in [3.05, 3.63) is 0 Å². The van der Waals surface area contributed by atoms with Crippen molar-refractivity contribution in [2.45, 2.75) is 0 Å². The molecule has 0 amide bonds. The molecule has 41 valence electrons. The van der Waals surface area contributed by atoms with Crippen molar-refractivity contribution >= 4 is 43.9 Å². The van der Waals surface area contributed by atoms with Crippen LogP contribution in [0.15, 0.2) is 0 Å². The van der Waals surface area contributed by atoms with E-state index in [4.69, 9.17) is 18.8 Å². The van der Waals surface area contributed by atoms with E-state index < -0.39 is 6.16 Å². The van der Waals surface area contributed by atoms with Gasteiger partial charge in [0.15, 0.2) is 0 Å². The Hall–Kier alpha value is 1.18. The molecule has 0 aromatic rings. The van der Waals surface area contributed by atoms with Crippen LogP contribution in [0.25, 0.3) is 0 Å². The van der Waals surface area contributed by atoms with Crippen molar-refractivity contribution in [2.75, 3.05) is 0 Å². The van der Waals surface area contributed by atoms with Gasteiger partial charge in [-0.15, -0.1) is 0 Å². The predicted octanol–water partition coefficient (Wildman–Crippen LogP) is -1.25. The minimum atomic E-state index is -1.83. The van der Waals surface area contributed by atoms with Gasteiger partial charge >= 0.3 is 67.8 Å². The van der Waals surface area contributed by atoms with E-state index in [1.165, 1.54) is 0 Å². The Morgan fingerprint density at radius 1 is 1.29 bits per heavy atom. The van der Waals surface area contributed by atoms with Gasteiger partial charge in [0.1, 0.15) is 0 Å². The second-order valence-electron chi connectivity index (χ2n) is 0.283. The molecule has 0 spiro atoms. The van der Waals surface area contributed by atoms with Gasteiger partial charge in [-0.25, -0.2) is 4.79 Å². The molecule has 0 radical (unpaired) electrons. The van der Waals surface area contributed by atoms with Crippen molar-refractivity contribution in [3.63, 3.8) is 0 Å². The Kier molecular flexibility index (Phi) is 35.2. The quantitative estimate of drug-likeness (QED) is 0.443. The van der Waals surface area contributed by atoms with Crippen LogP contribution in [0, 0.1) is 0 Å². The molecule has 6 heteroatoms. The van der Waals surface area contributed by atoms with Crippen LogP contribution in [0.1, 0.15) is 0 Å². The zero-order valence-corrected chi connectivity index (χ0v) is 4.67. The molecule has 3 N–H and O–H groups in total. The van der Waals surface area contributed by atoms with Gasteiger partial charge in [-0.3, -0.25) is 0 Å². The van der Waals surface area contributed by atoms with Gasteiger partial charge in [-0.2, -0.15) is 0 Å². The molecular formula is CH5CaMoO4. The molecule has 0 atom stereocenters. The van der Waals surface area contributed by atoms with E-state index in [1.807, 2.05) is 0 Å². The van der Waals surface area contributed by atoms with E-state index in [0.717, 1.165) is 20.2 Å². The molecule has 0 unspecified atom stereocenters. The number of hydrogen-bond acceptors (Lipinski definition) is 2. The normalized spacial score (nSPS) is 4.14. The second-order valence-corrected chi connectivity index (χ2v) is 0.283. The monoisotopic (exact) mass is 219 g/mol. The number of hydrogen-bond donors (Lipinski definition) is 3. The number of carboxylic acid groups (broad SMARTS) is 2. The summed E-state index contributed by atoms with van der Waals surface area (Å²) in [6, 6.07) is 0. The molecule has 0 bridgehead atoms. The van der Waals surface area contributed by atoms with Gasteiger partial charge in [-0.05, 0) is 0 Å². The first-order valence-corrected chi connectivity index (χ1v) is 1.73. The first kappa shape index (κ1) is 15.7. The zero-order chi connectivity index (χ0) is 5.58. The number of rotatable bonds is 0. The maximum atomic E-state index is 8.56. The molecule has 7 heavy (non-hydrogen) atoms. The molecule has 4 nitrogen and oxygen atoms in total. The zero-order valence-electron chi connectivity index (χ0n) is 2.66. The second kappa shape index (κ2) is 15.7. The Morgan fingerprint density at radius 2 is 1.29 bits per heavy atom. The molecule has 0 fully saturated rings. The molecule has 0 aliphatic rings. The van der Waals surface area contributed by atoms with Crippen molar-refractivity contribution in [1.82, 2.24) is 0 Å². The van der Waals surface area contributed by atoms with Crippen molar-refractivity contribution in [3.8, 4) is 0 Å². The molecule has 0 saturated carbocycles. The summed E-state index contributed by atoms with van der Waals surface area (Å²) < 4.78 is 7.01. The Morgan fingerprint density at radius 3 is 1.29 bits per heavy atom. The van der Waals surface area contributed by atoms with Crippen LogP contribution in [-0.2, 0) is 20.2 Å². The summed E-state index contributed by atoms with van der Waals surface area (Å²) in [6.45, 7) is 0. The predicted molar refractivity (Wildman–Crippen MR) is 21.4 cm³/mol. The minimum absolute atomic E-state index is 0. The molecule has 0 aromatic heterocycles. The van der Waals surface area contributed by atoms with Gasteiger partial charge in [-0.1, -0.05) is 0 Å². The summed E-state index contributed by atoms with van der Waals surface area (Å²) in [4.78, 5) is 8.56. The third-order valence-electron chi connectivity index (χ3n) is 0. The van der Waals surface area contributed by atoms with Crippen molar-refractivity contribution < 1.29 is 39.0 Å². The van der Waals surface area contributed by atoms with Gasteiger partial charge in [0.25, 0.3) is 0 Å². The van der Waals surface area contributed by atoms with Crippen LogP contribution in [-0.4, -0.2) is 57.9 Å². The summed E-state index contributed by atoms with van der Waals surface area (Å²) in [5.41, 5.74) is 0. The van der Waals surface area contributed by atoms with Crippen molar-refractivity contribution in [1.29, 1.82) is 0 Å². The molecule has 0 aliphatic carbocycles. The summed E-state index contributed by atoms with van der Waals surface area (Å²) in [7, 11) is 0. The Balaban J connectivity index is -0.0000000480. The maximum absolute atomic E-state index is 8.56. The van der Waals surface area contributed by atoms with Gasteiger partial charge in [0.2, 0.25) is 0 Å². The summed E-state index contributed by atoms with van der Waals surface area (Å²) in [5.74, 6) is 0. The number of carbonyl (C=O) groups is 1. The first-order chi connectivity index (χ1) is 2.73. The molecule has 0 rings (SSSR count). The average Bonchev–Trinajstić information content (AvgIpc) is 1.41. The average molecular weight is 217 g/mol. The summed E-state index contributed by atoms with van der Waals surface area (Å²) in [5, 5.41) is 13.9. The fourth-order valence-corrected chi connectivity index (χ4v) is 0. The van der Waals surface area contributed by atoms with Crippen LogP contribution in [0.4, 0.5) is 4.79 Å². The van der Waals surface area contributed by atoms with Crippen LogP contribution in [0.3, 0.4) is 0 Å². The molecular weight excluding hydrogens is 212 g/mol. The topological polar surface area (TPSA) is 77.8 Å². The molecule has 0 heterocycles. The van der Waals surface area contributed by atoms with E-state index in [-0.39, 0.29) is 37.7 Å². The van der Waals surface area contributed by atoms with Crippen LogP contribution >= 0.6 is 0 Å². The van der Waals surface area contributed by atoms with Crippen LogP contribution in [0.5, 0.6) is 0 Å². The molecule has 0 aliphatic heterocycles. The third kappa shape index (κ3) is 139. The van der Waals surface area contributed by atoms with E-state index in [0.29, 0.717) is 0 Å².